The van der Waals surface area contributed by atoms with E-state index < -0.39 is 11.7 Å². The van der Waals surface area contributed by atoms with Gasteiger partial charge < -0.3 is 15.5 Å². The average molecular weight is 416 g/mol. The second-order valence-electron chi connectivity index (χ2n) is 8.48. The van der Waals surface area contributed by atoms with Crippen LogP contribution in [-0.4, -0.2) is 36.1 Å². The summed E-state index contributed by atoms with van der Waals surface area (Å²) < 4.78 is 38.3. The van der Waals surface area contributed by atoms with Crippen LogP contribution in [0.3, 0.4) is 0 Å². The quantitative estimate of drug-likeness (QED) is 0.805. The van der Waals surface area contributed by atoms with Crippen molar-refractivity contribution in [1.29, 1.82) is 0 Å². The number of alkyl halides is 3. The zero-order valence-corrected chi connectivity index (χ0v) is 16.3. The predicted octanol–water partition coefficient (Wildman–Crippen LogP) is 3.47. The number of benzene rings is 1. The van der Waals surface area contributed by atoms with Crippen LogP contribution >= 0.6 is 0 Å². The van der Waals surface area contributed by atoms with E-state index in [-0.39, 0.29) is 18.0 Å². The SMILES string of the molecule is O=C(N[C@H]1CC[C@@H]2CN(c3ccc(C(F)(F)F)cn3)C[C@@H]21)C1Cc2ccccc2N1. The first-order chi connectivity index (χ1) is 14.4. The molecule has 2 aliphatic heterocycles. The van der Waals surface area contributed by atoms with Crippen LogP contribution in [0.2, 0.25) is 0 Å². The number of hydrogen-bond acceptors (Lipinski definition) is 4. The lowest BCUT2D eigenvalue weighted by Gasteiger charge is -2.24. The van der Waals surface area contributed by atoms with E-state index in [9.17, 15) is 18.0 Å². The highest BCUT2D eigenvalue weighted by atomic mass is 19.4. The number of hydrogen-bond donors (Lipinski definition) is 2. The summed E-state index contributed by atoms with van der Waals surface area (Å²) in [6.07, 6.45) is -0.854. The second kappa shape index (κ2) is 7.18. The van der Waals surface area contributed by atoms with E-state index in [1.54, 1.807) is 0 Å². The third-order valence-electron chi connectivity index (χ3n) is 6.67. The zero-order chi connectivity index (χ0) is 20.9. The first kappa shape index (κ1) is 19.2. The Labute approximate surface area is 172 Å². The molecule has 2 N–H and O–H groups in total. The molecular weight excluding hydrogens is 393 g/mol. The molecule has 1 saturated heterocycles. The molecule has 0 radical (unpaired) electrons. The molecular formula is C22H23F3N4O. The number of nitrogens with one attached hydrogen (secondary N) is 2. The van der Waals surface area contributed by atoms with Crippen LogP contribution in [0.1, 0.15) is 24.0 Å². The molecule has 0 spiro atoms. The Balaban J connectivity index is 1.21. The smallest absolute Gasteiger partial charge is 0.373 e. The fourth-order valence-corrected chi connectivity index (χ4v) is 5.11. The first-order valence-corrected chi connectivity index (χ1v) is 10.3. The molecule has 1 aliphatic carbocycles. The van der Waals surface area contributed by atoms with Gasteiger partial charge in [-0.15, -0.1) is 0 Å². The topological polar surface area (TPSA) is 57.3 Å². The number of para-hydroxylation sites is 1. The summed E-state index contributed by atoms with van der Waals surface area (Å²) in [6.45, 7) is 1.47. The van der Waals surface area contributed by atoms with Gasteiger partial charge in [-0.05, 0) is 42.5 Å². The van der Waals surface area contributed by atoms with E-state index in [1.165, 1.54) is 6.07 Å². The van der Waals surface area contributed by atoms with Crippen LogP contribution in [0.5, 0.6) is 0 Å². The van der Waals surface area contributed by atoms with Crippen molar-refractivity contribution in [3.63, 3.8) is 0 Å². The van der Waals surface area contributed by atoms with E-state index in [4.69, 9.17) is 0 Å². The van der Waals surface area contributed by atoms with E-state index in [1.807, 2.05) is 29.2 Å². The molecule has 158 valence electrons. The summed E-state index contributed by atoms with van der Waals surface area (Å²) in [7, 11) is 0. The number of anilines is 2. The van der Waals surface area contributed by atoms with E-state index >= 15 is 0 Å². The maximum absolute atomic E-state index is 12.8. The largest absolute Gasteiger partial charge is 0.417 e. The number of nitrogens with zero attached hydrogens (tertiary/aromatic N) is 2. The minimum absolute atomic E-state index is 0.0166. The number of carbonyl (C=O) groups excluding carboxylic acids is 1. The Bertz CT molecular complexity index is 921. The molecule has 2 fully saturated rings. The number of aromatic nitrogens is 1. The van der Waals surface area contributed by atoms with Gasteiger partial charge in [-0.1, -0.05) is 18.2 Å². The van der Waals surface area contributed by atoms with Crippen LogP contribution < -0.4 is 15.5 Å². The number of halogens is 3. The minimum Gasteiger partial charge on any atom is -0.373 e. The molecule has 0 bridgehead atoms. The third-order valence-corrected chi connectivity index (χ3v) is 6.67. The standard InChI is InChI=1S/C22H23F3N4O/c23-22(24,25)15-6-8-20(26-10-15)29-11-14-5-7-18(16(14)12-29)28-21(30)19-9-13-3-1-2-4-17(13)27-19/h1-4,6,8,10,14,16,18-19,27H,5,7,9,11-12H2,(H,28,30)/t14-,16+,18+,19?/m1/s1. The maximum Gasteiger partial charge on any atom is 0.417 e. The van der Waals surface area contributed by atoms with Crippen molar-refractivity contribution in [3.8, 4) is 0 Å². The molecule has 30 heavy (non-hydrogen) atoms. The van der Waals surface area contributed by atoms with Gasteiger partial charge in [0.25, 0.3) is 0 Å². The van der Waals surface area contributed by atoms with Gasteiger partial charge in [-0.25, -0.2) is 4.98 Å². The van der Waals surface area contributed by atoms with Crippen LogP contribution in [0, 0.1) is 11.8 Å². The molecule has 8 heteroatoms. The molecule has 1 aromatic carbocycles. The molecule has 5 nitrogen and oxygen atoms in total. The molecule has 1 saturated carbocycles. The van der Waals surface area contributed by atoms with E-state index in [0.29, 0.717) is 30.6 Å². The summed E-state index contributed by atoms with van der Waals surface area (Å²) in [5.74, 6) is 1.30. The van der Waals surface area contributed by atoms with Crippen LogP contribution in [0.4, 0.5) is 24.7 Å². The highest BCUT2D eigenvalue weighted by Gasteiger charge is 2.44. The second-order valence-corrected chi connectivity index (χ2v) is 8.48. The maximum atomic E-state index is 12.8. The van der Waals surface area contributed by atoms with Crippen molar-refractivity contribution in [2.24, 2.45) is 11.8 Å². The summed E-state index contributed by atoms with van der Waals surface area (Å²) >= 11 is 0. The van der Waals surface area contributed by atoms with Crippen LogP contribution in [0.15, 0.2) is 42.6 Å². The van der Waals surface area contributed by atoms with Gasteiger partial charge >= 0.3 is 6.18 Å². The van der Waals surface area contributed by atoms with Gasteiger partial charge in [0.1, 0.15) is 11.9 Å². The molecule has 4 atom stereocenters. The van der Waals surface area contributed by atoms with Crippen molar-refractivity contribution in [3.05, 3.63) is 53.7 Å². The zero-order valence-electron chi connectivity index (χ0n) is 16.3. The van der Waals surface area contributed by atoms with Crippen LogP contribution in [-0.2, 0) is 17.4 Å². The number of rotatable bonds is 3. The minimum atomic E-state index is -4.38. The molecule has 5 rings (SSSR count). The average Bonchev–Trinajstić information content (AvgIpc) is 3.42. The lowest BCUT2D eigenvalue weighted by Crippen LogP contribution is -2.46. The summed E-state index contributed by atoms with van der Waals surface area (Å²) in [5, 5.41) is 6.53. The van der Waals surface area contributed by atoms with Crippen molar-refractivity contribution in [1.82, 2.24) is 10.3 Å². The summed E-state index contributed by atoms with van der Waals surface area (Å²) in [5.41, 5.74) is 1.44. The Hall–Kier alpha value is -2.77. The van der Waals surface area contributed by atoms with Gasteiger partial charge in [0.2, 0.25) is 5.91 Å². The van der Waals surface area contributed by atoms with E-state index in [0.717, 1.165) is 42.9 Å². The molecule has 1 unspecified atom stereocenters. The monoisotopic (exact) mass is 416 g/mol. The number of fused-ring (bicyclic) bond motifs is 2. The lowest BCUT2D eigenvalue weighted by atomic mass is 9.97. The van der Waals surface area contributed by atoms with Crippen molar-refractivity contribution in [2.45, 2.75) is 37.5 Å². The molecule has 3 aliphatic rings. The number of carbonyl (C=O) groups is 1. The van der Waals surface area contributed by atoms with Crippen LogP contribution in [0.25, 0.3) is 0 Å². The number of amides is 1. The van der Waals surface area contributed by atoms with Crippen molar-refractivity contribution < 1.29 is 18.0 Å². The first-order valence-electron chi connectivity index (χ1n) is 10.3. The normalized spacial score (nSPS) is 27.5. The fraction of sp³-hybridized carbons (Fsp3) is 0.455. The van der Waals surface area contributed by atoms with Gasteiger partial charge in [0, 0.05) is 43.4 Å². The van der Waals surface area contributed by atoms with Gasteiger partial charge in [0.05, 0.1) is 5.56 Å². The van der Waals surface area contributed by atoms with E-state index in [2.05, 4.69) is 15.6 Å². The summed E-state index contributed by atoms with van der Waals surface area (Å²) in [6, 6.07) is 10.3. The Morgan fingerprint density at radius 3 is 2.70 bits per heavy atom. The fourth-order valence-electron chi connectivity index (χ4n) is 5.11. The Morgan fingerprint density at radius 2 is 1.97 bits per heavy atom. The third kappa shape index (κ3) is 3.48. The highest BCUT2D eigenvalue weighted by Crippen LogP contribution is 2.40. The number of pyridine rings is 1. The Morgan fingerprint density at radius 1 is 1.13 bits per heavy atom. The van der Waals surface area contributed by atoms with Crippen molar-refractivity contribution in [2.75, 3.05) is 23.3 Å². The molecule has 2 aromatic rings. The molecule has 3 heterocycles. The van der Waals surface area contributed by atoms with Crippen molar-refractivity contribution >= 4 is 17.4 Å². The highest BCUT2D eigenvalue weighted by molar-refractivity contribution is 5.87. The Kier molecular flexibility index (Phi) is 4.60. The lowest BCUT2D eigenvalue weighted by molar-refractivity contribution is -0.137. The van der Waals surface area contributed by atoms with Gasteiger partial charge in [-0.3, -0.25) is 4.79 Å². The van der Waals surface area contributed by atoms with Gasteiger partial charge in [0.15, 0.2) is 0 Å². The molecule has 1 amide bonds. The van der Waals surface area contributed by atoms with Gasteiger partial charge in [-0.2, -0.15) is 13.2 Å². The molecule has 1 aromatic heterocycles. The predicted molar refractivity (Wildman–Crippen MR) is 107 cm³/mol. The summed E-state index contributed by atoms with van der Waals surface area (Å²) in [4.78, 5) is 18.9.